The molecule has 0 bridgehead atoms. The first-order chi connectivity index (χ1) is 13.1. The Balaban J connectivity index is 1.48. The number of nitrogens with zero attached hydrogens (tertiary/aromatic N) is 3. The first kappa shape index (κ1) is 18.2. The molecule has 4 rings (SSSR count). The van der Waals surface area contributed by atoms with E-state index >= 15 is 0 Å². The highest BCUT2D eigenvalue weighted by Gasteiger charge is 2.36. The quantitative estimate of drug-likeness (QED) is 0.688. The lowest BCUT2D eigenvalue weighted by molar-refractivity contribution is 0.0939. The van der Waals surface area contributed by atoms with Crippen LogP contribution in [-0.4, -0.2) is 27.2 Å². The molecular formula is C20H21ClN4OS. The Hall–Kier alpha value is -2.18. The van der Waals surface area contributed by atoms with Gasteiger partial charge in [0.25, 0.3) is 5.91 Å². The molecule has 2 heterocycles. The molecule has 0 aliphatic heterocycles. The summed E-state index contributed by atoms with van der Waals surface area (Å²) in [5, 5.41) is 10.6. The molecule has 3 aromatic rings. The van der Waals surface area contributed by atoms with Crippen LogP contribution < -0.4 is 5.32 Å². The van der Waals surface area contributed by atoms with Crippen molar-refractivity contribution in [3.63, 3.8) is 0 Å². The van der Waals surface area contributed by atoms with Crippen molar-refractivity contribution in [3.8, 4) is 10.6 Å². The van der Waals surface area contributed by atoms with Crippen molar-refractivity contribution in [2.24, 2.45) is 7.05 Å². The Kier molecular flexibility index (Phi) is 5.02. The second-order valence-corrected chi connectivity index (χ2v) is 8.42. The van der Waals surface area contributed by atoms with E-state index in [1.54, 1.807) is 16.3 Å². The number of hydrogen-bond acceptors (Lipinski definition) is 4. The molecule has 140 valence electrons. The van der Waals surface area contributed by atoms with Crippen LogP contribution in [0.2, 0.25) is 5.02 Å². The Bertz CT molecular complexity index is 958. The Morgan fingerprint density at radius 3 is 2.89 bits per heavy atom. The smallest absolute Gasteiger partial charge is 0.270 e. The zero-order valence-corrected chi connectivity index (χ0v) is 16.7. The van der Waals surface area contributed by atoms with Gasteiger partial charge in [0.1, 0.15) is 10.7 Å². The first-order valence-corrected chi connectivity index (χ1v) is 10.3. The highest BCUT2D eigenvalue weighted by atomic mass is 35.5. The first-order valence-electron chi connectivity index (χ1n) is 9.05. The number of hydrogen-bond donors (Lipinski definition) is 1. The summed E-state index contributed by atoms with van der Waals surface area (Å²) in [5.74, 6) is -0.130. The van der Waals surface area contributed by atoms with E-state index in [0.29, 0.717) is 12.2 Å². The molecular weight excluding hydrogens is 380 g/mol. The summed E-state index contributed by atoms with van der Waals surface area (Å²) >= 11 is 7.66. The van der Waals surface area contributed by atoms with Gasteiger partial charge in [-0.05, 0) is 30.5 Å². The summed E-state index contributed by atoms with van der Waals surface area (Å²) in [6.07, 6.45) is 8.12. The standard InChI is InChI=1S/C20H21ClN4OS/c1-25-11-14(10-23-25)19-24-17(12-27-19)18(26)22-13-20(7-2-3-8-20)15-5-4-6-16(21)9-15/h4-6,9-12H,2-3,7-8,13H2,1H3,(H,22,26). The van der Waals surface area contributed by atoms with Crippen LogP contribution in [0.5, 0.6) is 0 Å². The molecule has 0 saturated heterocycles. The molecule has 7 heteroatoms. The van der Waals surface area contributed by atoms with Gasteiger partial charge in [0.2, 0.25) is 0 Å². The number of aryl methyl sites for hydroxylation is 1. The molecule has 1 saturated carbocycles. The van der Waals surface area contributed by atoms with Crippen LogP contribution in [0.15, 0.2) is 42.0 Å². The zero-order valence-electron chi connectivity index (χ0n) is 15.1. The van der Waals surface area contributed by atoms with Crippen molar-refractivity contribution in [2.45, 2.75) is 31.1 Å². The Morgan fingerprint density at radius 1 is 1.37 bits per heavy atom. The molecule has 1 amide bonds. The van der Waals surface area contributed by atoms with Gasteiger partial charge in [0, 0.05) is 41.2 Å². The van der Waals surface area contributed by atoms with Crippen LogP contribution in [0, 0.1) is 0 Å². The van der Waals surface area contributed by atoms with Gasteiger partial charge in [-0.15, -0.1) is 11.3 Å². The van der Waals surface area contributed by atoms with Crippen molar-refractivity contribution in [1.82, 2.24) is 20.1 Å². The average Bonchev–Trinajstić information content (AvgIpc) is 3.40. The fraction of sp³-hybridized carbons (Fsp3) is 0.350. The number of aromatic nitrogens is 3. The van der Waals surface area contributed by atoms with Gasteiger partial charge in [-0.2, -0.15) is 5.10 Å². The SMILES string of the molecule is Cn1cc(-c2nc(C(=O)NCC3(c4cccc(Cl)c4)CCCC3)cs2)cn1. The zero-order chi connectivity index (χ0) is 18.9. The van der Waals surface area contributed by atoms with E-state index in [-0.39, 0.29) is 11.3 Å². The van der Waals surface area contributed by atoms with Gasteiger partial charge < -0.3 is 5.32 Å². The maximum atomic E-state index is 12.7. The highest BCUT2D eigenvalue weighted by Crippen LogP contribution is 2.41. The predicted octanol–water partition coefficient (Wildman–Crippen LogP) is 4.44. The number of halogens is 1. The molecule has 5 nitrogen and oxygen atoms in total. The minimum absolute atomic E-state index is 0.0389. The van der Waals surface area contributed by atoms with E-state index in [1.807, 2.05) is 31.4 Å². The van der Waals surface area contributed by atoms with E-state index in [4.69, 9.17) is 11.6 Å². The van der Waals surface area contributed by atoms with Gasteiger partial charge in [-0.25, -0.2) is 4.98 Å². The summed E-state index contributed by atoms with van der Waals surface area (Å²) < 4.78 is 1.73. The van der Waals surface area contributed by atoms with Crippen LogP contribution in [0.3, 0.4) is 0 Å². The highest BCUT2D eigenvalue weighted by molar-refractivity contribution is 7.13. The van der Waals surface area contributed by atoms with Gasteiger partial charge in [-0.1, -0.05) is 36.6 Å². The second-order valence-electron chi connectivity index (χ2n) is 7.12. The summed E-state index contributed by atoms with van der Waals surface area (Å²) in [7, 11) is 1.86. The van der Waals surface area contributed by atoms with E-state index in [0.717, 1.165) is 28.4 Å². The number of benzene rings is 1. The van der Waals surface area contributed by atoms with Crippen molar-refractivity contribution >= 4 is 28.8 Å². The Labute approximate surface area is 167 Å². The van der Waals surface area contributed by atoms with Gasteiger partial charge >= 0.3 is 0 Å². The number of rotatable bonds is 5. The monoisotopic (exact) mass is 400 g/mol. The molecule has 2 aromatic heterocycles. The summed E-state index contributed by atoms with van der Waals surface area (Å²) in [4.78, 5) is 17.2. The molecule has 1 N–H and O–H groups in total. The number of thiazole rings is 1. The lowest BCUT2D eigenvalue weighted by Crippen LogP contribution is -2.39. The van der Waals surface area contributed by atoms with Crippen LogP contribution in [0.25, 0.3) is 10.6 Å². The van der Waals surface area contributed by atoms with E-state index in [1.165, 1.54) is 29.7 Å². The van der Waals surface area contributed by atoms with Gasteiger partial charge in [0.05, 0.1) is 6.20 Å². The molecule has 0 radical (unpaired) electrons. The molecule has 1 aliphatic rings. The van der Waals surface area contributed by atoms with Crippen molar-refractivity contribution < 1.29 is 4.79 Å². The molecule has 1 aromatic carbocycles. The van der Waals surface area contributed by atoms with Crippen LogP contribution in [0.4, 0.5) is 0 Å². The molecule has 1 fully saturated rings. The summed E-state index contributed by atoms with van der Waals surface area (Å²) in [6, 6.07) is 8.02. The summed E-state index contributed by atoms with van der Waals surface area (Å²) in [5.41, 5.74) is 2.55. The van der Waals surface area contributed by atoms with E-state index in [9.17, 15) is 4.79 Å². The normalized spacial score (nSPS) is 15.8. The minimum atomic E-state index is -0.130. The fourth-order valence-corrected chi connectivity index (χ4v) is 4.79. The lowest BCUT2D eigenvalue weighted by Gasteiger charge is -2.30. The number of carbonyl (C=O) groups excluding carboxylic acids is 1. The number of carbonyl (C=O) groups is 1. The third kappa shape index (κ3) is 3.77. The maximum Gasteiger partial charge on any atom is 0.270 e. The average molecular weight is 401 g/mol. The predicted molar refractivity (Wildman–Crippen MR) is 108 cm³/mol. The molecule has 1 aliphatic carbocycles. The van der Waals surface area contributed by atoms with Crippen LogP contribution >= 0.6 is 22.9 Å². The van der Waals surface area contributed by atoms with Crippen molar-refractivity contribution in [2.75, 3.05) is 6.54 Å². The third-order valence-electron chi connectivity index (χ3n) is 5.27. The molecule has 0 unspecified atom stereocenters. The molecule has 0 spiro atoms. The Morgan fingerprint density at radius 2 is 2.19 bits per heavy atom. The molecule has 0 atom stereocenters. The maximum absolute atomic E-state index is 12.7. The molecule has 27 heavy (non-hydrogen) atoms. The minimum Gasteiger partial charge on any atom is -0.350 e. The van der Waals surface area contributed by atoms with Gasteiger partial charge in [0.15, 0.2) is 0 Å². The van der Waals surface area contributed by atoms with Gasteiger partial charge in [-0.3, -0.25) is 9.48 Å². The van der Waals surface area contributed by atoms with Crippen LogP contribution in [-0.2, 0) is 12.5 Å². The van der Waals surface area contributed by atoms with E-state index in [2.05, 4.69) is 21.5 Å². The second kappa shape index (κ2) is 7.44. The largest absolute Gasteiger partial charge is 0.350 e. The number of nitrogens with one attached hydrogen (secondary N) is 1. The fourth-order valence-electron chi connectivity index (χ4n) is 3.82. The summed E-state index contributed by atoms with van der Waals surface area (Å²) in [6.45, 7) is 0.603. The van der Waals surface area contributed by atoms with E-state index < -0.39 is 0 Å². The van der Waals surface area contributed by atoms with Crippen molar-refractivity contribution in [3.05, 3.63) is 58.3 Å². The lowest BCUT2D eigenvalue weighted by atomic mass is 9.79. The van der Waals surface area contributed by atoms with Crippen LogP contribution in [0.1, 0.15) is 41.7 Å². The van der Waals surface area contributed by atoms with Crippen molar-refractivity contribution in [1.29, 1.82) is 0 Å². The third-order valence-corrected chi connectivity index (χ3v) is 6.40. The number of amides is 1. The topological polar surface area (TPSA) is 59.8 Å².